The van der Waals surface area contributed by atoms with Crippen LogP contribution in [-0.4, -0.2) is 23.5 Å². The zero-order valence-corrected chi connectivity index (χ0v) is 9.25. The molecule has 0 aliphatic carbocycles. The molecule has 2 rings (SSSR count). The van der Waals surface area contributed by atoms with Crippen LogP contribution in [0.15, 0.2) is 12.3 Å². The molecule has 2 heterocycles. The first kappa shape index (κ1) is 9.66. The van der Waals surface area contributed by atoms with Gasteiger partial charge in [-0.3, -0.25) is 4.98 Å². The molecule has 0 radical (unpaired) electrons. The topological polar surface area (TPSA) is 16.1 Å². The van der Waals surface area contributed by atoms with Crippen molar-refractivity contribution in [1.29, 1.82) is 0 Å². The molecular weight excluding hydrogens is 172 g/mol. The fourth-order valence-electron chi connectivity index (χ4n) is 1.92. The van der Waals surface area contributed by atoms with Gasteiger partial charge in [0.1, 0.15) is 0 Å². The Kier molecular flexibility index (Phi) is 2.55. The van der Waals surface area contributed by atoms with Crippen LogP contribution in [0.2, 0.25) is 0 Å². The maximum absolute atomic E-state index is 4.50. The van der Waals surface area contributed by atoms with Crippen LogP contribution in [0, 0.1) is 0 Å². The molecule has 0 aromatic carbocycles. The molecule has 76 valence electrons. The first-order chi connectivity index (χ1) is 6.66. The van der Waals surface area contributed by atoms with Crippen LogP contribution < -0.4 is 0 Å². The molecule has 1 aliphatic rings. The fourth-order valence-corrected chi connectivity index (χ4v) is 1.92. The van der Waals surface area contributed by atoms with Crippen molar-refractivity contribution in [2.24, 2.45) is 0 Å². The molecule has 0 fully saturated rings. The molecule has 1 aliphatic heterocycles. The minimum Gasteiger partial charge on any atom is -0.302 e. The lowest BCUT2D eigenvalue weighted by Crippen LogP contribution is -2.26. The summed E-state index contributed by atoms with van der Waals surface area (Å²) in [5, 5.41) is 0. The van der Waals surface area contributed by atoms with Crippen LogP contribution >= 0.6 is 0 Å². The number of pyridine rings is 1. The van der Waals surface area contributed by atoms with E-state index in [4.69, 9.17) is 0 Å². The summed E-state index contributed by atoms with van der Waals surface area (Å²) in [6.07, 6.45) is 3.23. The summed E-state index contributed by atoms with van der Waals surface area (Å²) in [5.74, 6) is 0.542. The normalized spacial score (nSPS) is 17.1. The van der Waals surface area contributed by atoms with Crippen molar-refractivity contribution < 1.29 is 0 Å². The first-order valence-corrected chi connectivity index (χ1v) is 5.33. The zero-order chi connectivity index (χ0) is 10.1. The van der Waals surface area contributed by atoms with Gasteiger partial charge in [-0.2, -0.15) is 0 Å². The summed E-state index contributed by atoms with van der Waals surface area (Å²) in [6.45, 7) is 6.63. The standard InChI is InChI=1S/C12H18N2/c1-9(2)12-6-10-4-5-14(3)8-11(10)7-13-12/h6-7,9H,4-5,8H2,1-3H3. The number of nitrogens with zero attached hydrogens (tertiary/aromatic N) is 2. The Morgan fingerprint density at radius 1 is 1.36 bits per heavy atom. The molecule has 0 bridgehead atoms. The zero-order valence-electron chi connectivity index (χ0n) is 9.25. The van der Waals surface area contributed by atoms with E-state index < -0.39 is 0 Å². The highest BCUT2D eigenvalue weighted by Crippen LogP contribution is 2.20. The van der Waals surface area contributed by atoms with Gasteiger partial charge >= 0.3 is 0 Å². The quantitative estimate of drug-likeness (QED) is 0.675. The van der Waals surface area contributed by atoms with Crippen LogP contribution in [0.3, 0.4) is 0 Å². The summed E-state index contributed by atoms with van der Waals surface area (Å²) < 4.78 is 0. The molecule has 14 heavy (non-hydrogen) atoms. The van der Waals surface area contributed by atoms with Crippen molar-refractivity contribution in [3.63, 3.8) is 0 Å². The number of fused-ring (bicyclic) bond motifs is 1. The van der Waals surface area contributed by atoms with Crippen molar-refractivity contribution in [3.8, 4) is 0 Å². The Morgan fingerprint density at radius 2 is 2.14 bits per heavy atom. The lowest BCUT2D eigenvalue weighted by Gasteiger charge is -2.25. The van der Waals surface area contributed by atoms with Gasteiger partial charge in [0.15, 0.2) is 0 Å². The van der Waals surface area contributed by atoms with Crippen LogP contribution in [-0.2, 0) is 13.0 Å². The Hall–Kier alpha value is -0.890. The second-order valence-electron chi connectivity index (χ2n) is 4.52. The third kappa shape index (κ3) is 1.80. The van der Waals surface area contributed by atoms with Gasteiger partial charge in [0, 0.05) is 25.0 Å². The van der Waals surface area contributed by atoms with Crippen LogP contribution in [0.25, 0.3) is 0 Å². The lowest BCUT2D eigenvalue weighted by atomic mass is 9.99. The molecule has 0 unspecified atom stereocenters. The average molecular weight is 190 g/mol. The Bertz CT molecular complexity index is 331. The number of rotatable bonds is 1. The van der Waals surface area contributed by atoms with Gasteiger partial charge in [0.25, 0.3) is 0 Å². The van der Waals surface area contributed by atoms with E-state index in [1.165, 1.54) is 29.8 Å². The highest BCUT2D eigenvalue weighted by Gasteiger charge is 2.14. The van der Waals surface area contributed by atoms with Crippen LogP contribution in [0.5, 0.6) is 0 Å². The van der Waals surface area contributed by atoms with Gasteiger partial charge in [-0.1, -0.05) is 13.8 Å². The van der Waals surface area contributed by atoms with Gasteiger partial charge in [0.05, 0.1) is 0 Å². The molecule has 1 aromatic heterocycles. The Balaban J connectivity index is 2.31. The summed E-state index contributed by atoms with van der Waals surface area (Å²) in [7, 11) is 2.17. The maximum atomic E-state index is 4.50. The highest BCUT2D eigenvalue weighted by atomic mass is 15.1. The predicted octanol–water partition coefficient (Wildman–Crippen LogP) is 2.19. The van der Waals surface area contributed by atoms with Crippen molar-refractivity contribution in [1.82, 2.24) is 9.88 Å². The van der Waals surface area contributed by atoms with E-state index in [-0.39, 0.29) is 0 Å². The van der Waals surface area contributed by atoms with Gasteiger partial charge in [-0.15, -0.1) is 0 Å². The van der Waals surface area contributed by atoms with Crippen LogP contribution in [0.4, 0.5) is 0 Å². The number of likely N-dealkylation sites (N-methyl/N-ethyl adjacent to an activating group) is 1. The summed E-state index contributed by atoms with van der Waals surface area (Å²) in [4.78, 5) is 6.85. The van der Waals surface area contributed by atoms with E-state index in [1.807, 2.05) is 0 Å². The maximum Gasteiger partial charge on any atom is 0.0431 e. The van der Waals surface area contributed by atoms with E-state index in [9.17, 15) is 0 Å². The van der Waals surface area contributed by atoms with E-state index in [0.717, 1.165) is 6.54 Å². The molecule has 2 nitrogen and oxygen atoms in total. The molecule has 1 aromatic rings. The van der Waals surface area contributed by atoms with E-state index in [0.29, 0.717) is 5.92 Å². The summed E-state index contributed by atoms with van der Waals surface area (Å²) >= 11 is 0. The minimum absolute atomic E-state index is 0.542. The second-order valence-corrected chi connectivity index (χ2v) is 4.52. The van der Waals surface area contributed by atoms with E-state index in [1.54, 1.807) is 0 Å². The van der Waals surface area contributed by atoms with Crippen LogP contribution in [0.1, 0.15) is 36.6 Å². The lowest BCUT2D eigenvalue weighted by molar-refractivity contribution is 0.312. The molecule has 0 atom stereocenters. The second kappa shape index (κ2) is 3.70. The summed E-state index contributed by atoms with van der Waals surface area (Å²) in [5.41, 5.74) is 4.14. The van der Waals surface area contributed by atoms with E-state index in [2.05, 4.69) is 43.0 Å². The van der Waals surface area contributed by atoms with Gasteiger partial charge < -0.3 is 4.90 Å². The average Bonchev–Trinajstić information content (AvgIpc) is 2.16. The highest BCUT2D eigenvalue weighted by molar-refractivity contribution is 5.29. The smallest absolute Gasteiger partial charge is 0.0431 e. The van der Waals surface area contributed by atoms with Gasteiger partial charge in [-0.05, 0) is 36.6 Å². The Morgan fingerprint density at radius 3 is 2.86 bits per heavy atom. The monoisotopic (exact) mass is 190 g/mol. The molecule has 2 heteroatoms. The first-order valence-electron chi connectivity index (χ1n) is 5.33. The molecule has 0 spiro atoms. The van der Waals surface area contributed by atoms with Gasteiger partial charge in [0.2, 0.25) is 0 Å². The van der Waals surface area contributed by atoms with Crippen molar-refractivity contribution in [3.05, 3.63) is 29.1 Å². The van der Waals surface area contributed by atoms with E-state index >= 15 is 0 Å². The molecular formula is C12H18N2. The van der Waals surface area contributed by atoms with Crippen molar-refractivity contribution in [2.75, 3.05) is 13.6 Å². The van der Waals surface area contributed by atoms with Crippen molar-refractivity contribution >= 4 is 0 Å². The third-order valence-corrected chi connectivity index (χ3v) is 2.90. The minimum atomic E-state index is 0.542. The molecule has 0 saturated carbocycles. The largest absolute Gasteiger partial charge is 0.302 e. The van der Waals surface area contributed by atoms with Gasteiger partial charge in [-0.25, -0.2) is 0 Å². The number of hydrogen-bond acceptors (Lipinski definition) is 2. The molecule has 0 amide bonds. The third-order valence-electron chi connectivity index (χ3n) is 2.90. The molecule has 0 saturated heterocycles. The number of hydrogen-bond donors (Lipinski definition) is 0. The fraction of sp³-hybridized carbons (Fsp3) is 0.583. The molecule has 0 N–H and O–H groups in total. The van der Waals surface area contributed by atoms with Crippen molar-refractivity contribution in [2.45, 2.75) is 32.7 Å². The summed E-state index contributed by atoms with van der Waals surface area (Å²) in [6, 6.07) is 2.28. The number of aromatic nitrogens is 1. The Labute approximate surface area is 86.0 Å². The predicted molar refractivity (Wildman–Crippen MR) is 58.4 cm³/mol. The SMILES string of the molecule is CC(C)c1cc2c(cn1)CN(C)CC2.